The van der Waals surface area contributed by atoms with Crippen molar-refractivity contribution in [3.8, 4) is 17.1 Å². The largest absolute Gasteiger partial charge is 0.530 e. The van der Waals surface area contributed by atoms with Gasteiger partial charge in [0.1, 0.15) is 12.4 Å². The lowest BCUT2D eigenvalue weighted by Crippen LogP contribution is -2.30. The number of hydrogen-bond donors (Lipinski definition) is 1. The first-order chi connectivity index (χ1) is 20.1. The minimum Gasteiger partial charge on any atom is -0.460 e. The second-order valence-corrected chi connectivity index (χ2v) is 12.9. The van der Waals surface area contributed by atoms with Crippen molar-refractivity contribution in [3.63, 3.8) is 0 Å². The van der Waals surface area contributed by atoms with Crippen LogP contribution in [0.25, 0.3) is 22.3 Å². The van der Waals surface area contributed by atoms with Crippen LogP contribution in [0.4, 0.5) is 0 Å². The molecular weight excluding hydrogens is 559 g/mol. The number of nitrogens with zero attached hydrogens (tertiary/aromatic N) is 2. The zero-order valence-corrected chi connectivity index (χ0v) is 25.6. The van der Waals surface area contributed by atoms with Gasteiger partial charge >= 0.3 is 13.8 Å². The lowest BCUT2D eigenvalue weighted by molar-refractivity contribution is -0.148. The first-order valence-corrected chi connectivity index (χ1v) is 16.2. The van der Waals surface area contributed by atoms with Crippen LogP contribution in [0.3, 0.4) is 0 Å². The predicted molar refractivity (Wildman–Crippen MR) is 158 cm³/mol. The number of ether oxygens (including phenoxy) is 1. The highest BCUT2D eigenvalue weighted by Crippen LogP contribution is 2.50. The maximum absolute atomic E-state index is 13.6. The normalized spacial score (nSPS) is 17.9. The molecule has 5 rings (SSSR count). The van der Waals surface area contributed by atoms with Crippen LogP contribution in [-0.2, 0) is 41.9 Å². The quantitative estimate of drug-likeness (QED) is 0.114. The number of carbonyl (C=O) groups excluding carboxylic acids is 1. The van der Waals surface area contributed by atoms with Crippen LogP contribution >= 0.6 is 7.82 Å². The van der Waals surface area contributed by atoms with Gasteiger partial charge in [-0.2, -0.15) is 0 Å². The summed E-state index contributed by atoms with van der Waals surface area (Å²) < 4.78 is 37.6. The van der Waals surface area contributed by atoms with E-state index >= 15 is 0 Å². The van der Waals surface area contributed by atoms with Crippen molar-refractivity contribution < 1.29 is 32.8 Å². The molecule has 1 unspecified atom stereocenters. The molecule has 226 valence electrons. The Balaban J connectivity index is 1.48. The van der Waals surface area contributed by atoms with Crippen LogP contribution in [0, 0.1) is 6.92 Å². The molecule has 3 aromatic rings. The Morgan fingerprint density at radius 2 is 1.74 bits per heavy atom. The average Bonchev–Trinajstić information content (AvgIpc) is 3.27. The lowest BCUT2D eigenvalue weighted by Gasteiger charge is -2.22. The van der Waals surface area contributed by atoms with Gasteiger partial charge in [0, 0.05) is 10.9 Å². The Labute approximate surface area is 245 Å². The molecule has 0 saturated carbocycles. The smallest absolute Gasteiger partial charge is 0.460 e. The SMILES string of the molecule is CCCCCOP(=O)(OCCCCC)Oc1ccc2nc3c(c(C)c2c1)Cn1c-3cc2c(c1=O)COC(=O)CC2(C)O. The number of aromatic nitrogens is 2. The molecule has 0 aliphatic carbocycles. The van der Waals surface area contributed by atoms with Crippen LogP contribution in [0.15, 0.2) is 29.1 Å². The summed E-state index contributed by atoms with van der Waals surface area (Å²) in [5, 5.41) is 11.9. The minimum absolute atomic E-state index is 0.185. The highest BCUT2D eigenvalue weighted by molar-refractivity contribution is 7.48. The zero-order valence-electron chi connectivity index (χ0n) is 24.7. The summed E-state index contributed by atoms with van der Waals surface area (Å²) in [6, 6.07) is 7.00. The van der Waals surface area contributed by atoms with E-state index in [0.29, 0.717) is 28.2 Å². The fourth-order valence-corrected chi connectivity index (χ4v) is 6.84. The minimum atomic E-state index is -3.84. The molecule has 1 atom stereocenters. The van der Waals surface area contributed by atoms with Crippen LogP contribution < -0.4 is 10.1 Å². The van der Waals surface area contributed by atoms with E-state index in [1.165, 1.54) is 6.92 Å². The topological polar surface area (TPSA) is 126 Å². The average molecular weight is 599 g/mol. The second kappa shape index (κ2) is 12.3. The summed E-state index contributed by atoms with van der Waals surface area (Å²) in [5.74, 6) is -0.208. The van der Waals surface area contributed by atoms with E-state index in [1.807, 2.05) is 6.92 Å². The van der Waals surface area contributed by atoms with Gasteiger partial charge in [-0.15, -0.1) is 0 Å². The van der Waals surface area contributed by atoms with Crippen molar-refractivity contribution >= 4 is 24.7 Å². The molecule has 0 spiro atoms. The number of phosphoric ester groups is 1. The number of benzene rings is 1. The van der Waals surface area contributed by atoms with Crippen molar-refractivity contribution in [2.45, 2.75) is 91.4 Å². The number of hydrogen-bond acceptors (Lipinski definition) is 9. The molecule has 42 heavy (non-hydrogen) atoms. The van der Waals surface area contributed by atoms with E-state index in [9.17, 15) is 19.3 Å². The van der Waals surface area contributed by atoms with Crippen molar-refractivity contribution in [2.24, 2.45) is 0 Å². The molecule has 11 heteroatoms. The molecule has 0 radical (unpaired) electrons. The highest BCUT2D eigenvalue weighted by Gasteiger charge is 2.37. The number of rotatable bonds is 12. The summed E-state index contributed by atoms with van der Waals surface area (Å²) in [6.45, 7) is 8.31. The summed E-state index contributed by atoms with van der Waals surface area (Å²) in [6.07, 6.45) is 5.22. The fraction of sp³-hybridized carbons (Fsp3) is 0.516. The van der Waals surface area contributed by atoms with E-state index in [-0.39, 0.29) is 43.9 Å². The summed E-state index contributed by atoms with van der Waals surface area (Å²) in [7, 11) is -3.84. The Hall–Kier alpha value is -3.04. The highest BCUT2D eigenvalue weighted by atomic mass is 31.2. The molecule has 2 aromatic heterocycles. The van der Waals surface area contributed by atoms with E-state index in [1.54, 1.807) is 28.8 Å². The number of aryl methyl sites for hydroxylation is 1. The van der Waals surface area contributed by atoms with Gasteiger partial charge in [-0.3, -0.25) is 18.6 Å². The summed E-state index contributed by atoms with van der Waals surface area (Å²) in [5.41, 5.74) is 2.46. The van der Waals surface area contributed by atoms with Gasteiger partial charge in [0.15, 0.2) is 0 Å². The summed E-state index contributed by atoms with van der Waals surface area (Å²) in [4.78, 5) is 30.5. The van der Waals surface area contributed by atoms with Gasteiger partial charge in [0.05, 0.1) is 54.2 Å². The maximum Gasteiger partial charge on any atom is 0.530 e. The zero-order chi connectivity index (χ0) is 30.1. The number of pyridine rings is 2. The van der Waals surface area contributed by atoms with Gasteiger partial charge in [-0.25, -0.2) is 9.55 Å². The Kier molecular flexibility index (Phi) is 8.90. The van der Waals surface area contributed by atoms with Gasteiger partial charge in [-0.05, 0) is 62.1 Å². The number of carbonyl (C=O) groups is 1. The van der Waals surface area contributed by atoms with E-state index in [2.05, 4.69) is 13.8 Å². The van der Waals surface area contributed by atoms with Crippen molar-refractivity contribution in [1.82, 2.24) is 9.55 Å². The molecule has 1 N–H and O–H groups in total. The molecule has 2 aliphatic rings. The van der Waals surface area contributed by atoms with Gasteiger partial charge in [0.2, 0.25) is 0 Å². The predicted octanol–water partition coefficient (Wildman–Crippen LogP) is 6.29. The number of unbranched alkanes of at least 4 members (excludes halogenated alkanes) is 4. The third-order valence-electron chi connectivity index (χ3n) is 7.96. The molecule has 1 aromatic carbocycles. The van der Waals surface area contributed by atoms with Crippen LogP contribution in [0.5, 0.6) is 5.75 Å². The molecule has 0 bridgehead atoms. The van der Waals surface area contributed by atoms with E-state index < -0.39 is 19.4 Å². The second-order valence-electron chi connectivity index (χ2n) is 11.3. The molecule has 0 saturated heterocycles. The van der Waals surface area contributed by atoms with Crippen molar-refractivity contribution in [1.29, 1.82) is 0 Å². The number of fused-ring (bicyclic) bond motifs is 5. The van der Waals surface area contributed by atoms with Crippen LogP contribution in [0.2, 0.25) is 0 Å². The molecule has 2 aliphatic heterocycles. The van der Waals surface area contributed by atoms with E-state index in [4.69, 9.17) is 23.3 Å². The first-order valence-electron chi connectivity index (χ1n) is 14.7. The lowest BCUT2D eigenvalue weighted by atomic mass is 9.89. The summed E-state index contributed by atoms with van der Waals surface area (Å²) >= 11 is 0. The van der Waals surface area contributed by atoms with Crippen molar-refractivity contribution in [3.05, 3.63) is 56.9 Å². The Bertz CT molecular complexity index is 1600. The maximum atomic E-state index is 13.6. The molecular formula is C31H39N2O8P. The van der Waals surface area contributed by atoms with Crippen molar-refractivity contribution in [2.75, 3.05) is 13.2 Å². The molecule has 0 fully saturated rings. The van der Waals surface area contributed by atoms with Crippen LogP contribution in [0.1, 0.15) is 88.0 Å². The molecule has 4 heterocycles. The molecule has 10 nitrogen and oxygen atoms in total. The third-order valence-corrected chi connectivity index (χ3v) is 9.39. The standard InChI is InChI=1S/C31H39N2O8P/c1-5-7-9-13-39-42(37,40-14-10-8-6-2)41-21-11-12-26-22(15-21)20(3)23-18-33-27(29(23)32-26)16-25-24(30(33)35)19-38-28(34)17-31(25,4)36/h11-12,15-16,36H,5-10,13-14,17-19H2,1-4H3. The number of phosphoric acid groups is 1. The number of aliphatic hydroxyl groups is 1. The van der Waals surface area contributed by atoms with Gasteiger partial charge < -0.3 is 18.9 Å². The monoisotopic (exact) mass is 598 g/mol. The first kappa shape index (κ1) is 30.4. The Morgan fingerprint density at radius 3 is 2.40 bits per heavy atom. The number of esters is 1. The molecule has 0 amide bonds. The van der Waals surface area contributed by atoms with Gasteiger partial charge in [-0.1, -0.05) is 39.5 Å². The fourth-order valence-electron chi connectivity index (χ4n) is 5.58. The van der Waals surface area contributed by atoms with E-state index in [0.717, 1.165) is 55.0 Å². The van der Waals surface area contributed by atoms with Crippen LogP contribution in [-0.4, -0.2) is 33.8 Å². The number of cyclic esters (lactones) is 1. The van der Waals surface area contributed by atoms with Gasteiger partial charge in [0.25, 0.3) is 5.56 Å². The Morgan fingerprint density at radius 1 is 1.05 bits per heavy atom. The third kappa shape index (κ3) is 6.04.